The van der Waals surface area contributed by atoms with Gasteiger partial charge in [0.2, 0.25) is 5.88 Å². The van der Waals surface area contributed by atoms with E-state index in [0.29, 0.717) is 24.5 Å². The number of nitrogens with one attached hydrogen (secondary N) is 1. The van der Waals surface area contributed by atoms with Crippen LogP contribution in [0.25, 0.3) is 0 Å². The molecule has 0 saturated heterocycles. The zero-order valence-electron chi connectivity index (χ0n) is 9.32. The van der Waals surface area contributed by atoms with Crippen molar-refractivity contribution in [2.45, 2.75) is 18.9 Å². The summed E-state index contributed by atoms with van der Waals surface area (Å²) >= 11 is 0. The van der Waals surface area contributed by atoms with Crippen molar-refractivity contribution in [1.29, 1.82) is 0 Å². The predicted molar refractivity (Wildman–Crippen MR) is 56.7 cm³/mol. The Morgan fingerprint density at radius 1 is 1.47 bits per heavy atom. The molecule has 0 spiro atoms. The molecule has 0 aliphatic carbocycles. The maximum atomic E-state index is 10.2. The first-order valence-electron chi connectivity index (χ1n) is 4.84. The van der Waals surface area contributed by atoms with Gasteiger partial charge in [-0.3, -0.25) is 4.98 Å². The summed E-state index contributed by atoms with van der Waals surface area (Å²) in [5, 5.41) is 13.2. The van der Waals surface area contributed by atoms with Gasteiger partial charge in [0.1, 0.15) is 11.3 Å². The van der Waals surface area contributed by atoms with Crippen molar-refractivity contribution < 1.29 is 9.84 Å². The number of hydrogen-bond acceptors (Lipinski definition) is 5. The molecule has 84 valence electrons. The van der Waals surface area contributed by atoms with E-state index in [1.54, 1.807) is 13.1 Å². The van der Waals surface area contributed by atoms with E-state index in [1.165, 1.54) is 13.3 Å². The molecule has 1 heterocycles. The molecule has 0 aliphatic rings. The summed E-state index contributed by atoms with van der Waals surface area (Å²) in [5.74, 6) is 0.374. The zero-order chi connectivity index (χ0) is 11.3. The second kappa shape index (κ2) is 5.04. The summed E-state index contributed by atoms with van der Waals surface area (Å²) in [6.45, 7) is 2.41. The third kappa shape index (κ3) is 2.87. The first-order valence-corrected chi connectivity index (χ1v) is 4.84. The van der Waals surface area contributed by atoms with E-state index < -0.39 is 5.60 Å². The van der Waals surface area contributed by atoms with Crippen LogP contribution in [0.2, 0.25) is 0 Å². The molecule has 0 aromatic carbocycles. The van der Waals surface area contributed by atoms with E-state index in [4.69, 9.17) is 4.74 Å². The van der Waals surface area contributed by atoms with Crippen LogP contribution < -0.4 is 10.1 Å². The molecule has 0 aliphatic heterocycles. The van der Waals surface area contributed by atoms with E-state index in [1.807, 2.05) is 7.05 Å². The summed E-state index contributed by atoms with van der Waals surface area (Å²) < 4.78 is 5.06. The van der Waals surface area contributed by atoms with Crippen LogP contribution in [0, 0.1) is 0 Å². The van der Waals surface area contributed by atoms with E-state index in [0.717, 1.165) is 0 Å². The Hall–Kier alpha value is -1.20. The fourth-order valence-corrected chi connectivity index (χ4v) is 1.33. The monoisotopic (exact) mass is 211 g/mol. The molecule has 0 fully saturated rings. The van der Waals surface area contributed by atoms with E-state index in [-0.39, 0.29) is 0 Å². The van der Waals surface area contributed by atoms with Crippen molar-refractivity contribution in [1.82, 2.24) is 15.3 Å². The van der Waals surface area contributed by atoms with Gasteiger partial charge in [0.25, 0.3) is 0 Å². The van der Waals surface area contributed by atoms with Crippen molar-refractivity contribution in [3.8, 4) is 5.88 Å². The highest BCUT2D eigenvalue weighted by Gasteiger charge is 2.28. The number of aromatic nitrogens is 2. The Labute approximate surface area is 89.5 Å². The van der Waals surface area contributed by atoms with Crippen LogP contribution in [0.3, 0.4) is 0 Å². The van der Waals surface area contributed by atoms with E-state index in [9.17, 15) is 5.11 Å². The maximum absolute atomic E-state index is 10.2. The fourth-order valence-electron chi connectivity index (χ4n) is 1.33. The minimum atomic E-state index is -1.03. The van der Waals surface area contributed by atoms with Crippen molar-refractivity contribution in [2.75, 3.05) is 20.7 Å². The number of rotatable bonds is 5. The molecule has 0 amide bonds. The number of ether oxygens (including phenoxy) is 1. The lowest BCUT2D eigenvalue weighted by Gasteiger charge is -2.23. The minimum absolute atomic E-state index is 0.374. The van der Waals surface area contributed by atoms with Crippen LogP contribution in [0.1, 0.15) is 19.0 Å². The molecule has 5 nitrogen and oxygen atoms in total. The van der Waals surface area contributed by atoms with Gasteiger partial charge < -0.3 is 15.2 Å². The Balaban J connectivity index is 2.92. The SMILES string of the molecule is CNCCC(C)(O)c1nccnc1OC. The standard InChI is InChI=1S/C10H17N3O2/c1-10(14,4-5-11-2)8-9(15-3)13-7-6-12-8/h6-7,11,14H,4-5H2,1-3H3. The molecule has 0 radical (unpaired) electrons. The lowest BCUT2D eigenvalue weighted by Crippen LogP contribution is -2.28. The van der Waals surface area contributed by atoms with Crippen LogP contribution in [0.4, 0.5) is 0 Å². The highest BCUT2D eigenvalue weighted by Crippen LogP contribution is 2.27. The Bertz CT molecular complexity index is 315. The van der Waals surface area contributed by atoms with Gasteiger partial charge >= 0.3 is 0 Å². The normalized spacial score (nSPS) is 14.7. The van der Waals surface area contributed by atoms with Gasteiger partial charge in [0.15, 0.2) is 0 Å². The average Bonchev–Trinajstić information content (AvgIpc) is 2.26. The molecule has 1 unspecified atom stereocenters. The van der Waals surface area contributed by atoms with Gasteiger partial charge in [-0.05, 0) is 26.9 Å². The Morgan fingerprint density at radius 2 is 2.13 bits per heavy atom. The van der Waals surface area contributed by atoms with Crippen LogP contribution in [-0.4, -0.2) is 35.8 Å². The second-order valence-corrected chi connectivity index (χ2v) is 3.54. The molecule has 1 rings (SSSR count). The van der Waals surface area contributed by atoms with Gasteiger partial charge in [0, 0.05) is 12.4 Å². The van der Waals surface area contributed by atoms with Gasteiger partial charge in [-0.1, -0.05) is 0 Å². The van der Waals surface area contributed by atoms with Crippen LogP contribution in [-0.2, 0) is 5.60 Å². The largest absolute Gasteiger partial charge is 0.480 e. The van der Waals surface area contributed by atoms with E-state index in [2.05, 4.69) is 15.3 Å². The third-order valence-corrected chi connectivity index (χ3v) is 2.23. The Kier molecular flexibility index (Phi) is 3.99. The van der Waals surface area contributed by atoms with Crippen molar-refractivity contribution in [2.24, 2.45) is 0 Å². The third-order valence-electron chi connectivity index (χ3n) is 2.23. The molecule has 0 bridgehead atoms. The van der Waals surface area contributed by atoms with Crippen LogP contribution >= 0.6 is 0 Å². The molecule has 1 atom stereocenters. The highest BCUT2D eigenvalue weighted by molar-refractivity contribution is 5.23. The lowest BCUT2D eigenvalue weighted by molar-refractivity contribution is 0.0406. The van der Waals surface area contributed by atoms with Crippen molar-refractivity contribution in [3.05, 3.63) is 18.1 Å². The van der Waals surface area contributed by atoms with Crippen molar-refractivity contribution >= 4 is 0 Å². The first-order chi connectivity index (χ1) is 7.11. The lowest BCUT2D eigenvalue weighted by atomic mass is 9.98. The van der Waals surface area contributed by atoms with Gasteiger partial charge in [-0.15, -0.1) is 0 Å². The summed E-state index contributed by atoms with van der Waals surface area (Å²) in [6.07, 6.45) is 3.64. The van der Waals surface area contributed by atoms with Gasteiger partial charge in [0.05, 0.1) is 7.11 Å². The van der Waals surface area contributed by atoms with E-state index >= 15 is 0 Å². The maximum Gasteiger partial charge on any atom is 0.238 e. The van der Waals surface area contributed by atoms with Gasteiger partial charge in [-0.2, -0.15) is 0 Å². The molecule has 5 heteroatoms. The summed E-state index contributed by atoms with van der Waals surface area (Å²) in [4.78, 5) is 8.12. The molecular formula is C10H17N3O2. The molecule has 0 saturated carbocycles. The smallest absolute Gasteiger partial charge is 0.238 e. The number of nitrogens with zero attached hydrogens (tertiary/aromatic N) is 2. The van der Waals surface area contributed by atoms with Crippen LogP contribution in [0.5, 0.6) is 5.88 Å². The predicted octanol–water partition coefficient (Wildman–Crippen LogP) is 0.302. The molecule has 1 aromatic rings. The summed E-state index contributed by atoms with van der Waals surface area (Å²) in [6, 6.07) is 0. The number of hydrogen-bond donors (Lipinski definition) is 2. The van der Waals surface area contributed by atoms with Crippen LogP contribution in [0.15, 0.2) is 12.4 Å². The molecule has 1 aromatic heterocycles. The zero-order valence-corrected chi connectivity index (χ0v) is 9.32. The molecule has 2 N–H and O–H groups in total. The fraction of sp³-hybridized carbons (Fsp3) is 0.600. The van der Waals surface area contributed by atoms with Crippen molar-refractivity contribution in [3.63, 3.8) is 0 Å². The second-order valence-electron chi connectivity index (χ2n) is 3.54. The quantitative estimate of drug-likeness (QED) is 0.733. The first kappa shape index (κ1) is 11.9. The molecule has 15 heavy (non-hydrogen) atoms. The minimum Gasteiger partial charge on any atom is -0.480 e. The van der Waals surface area contributed by atoms with Gasteiger partial charge in [-0.25, -0.2) is 4.98 Å². The average molecular weight is 211 g/mol. The molecular weight excluding hydrogens is 194 g/mol. The highest BCUT2D eigenvalue weighted by atomic mass is 16.5. The summed E-state index contributed by atoms with van der Waals surface area (Å²) in [7, 11) is 3.35. The number of methoxy groups -OCH3 is 1. The Morgan fingerprint density at radius 3 is 2.73 bits per heavy atom. The number of aliphatic hydroxyl groups is 1. The topological polar surface area (TPSA) is 67.3 Å². The summed E-state index contributed by atoms with van der Waals surface area (Å²) in [5.41, 5.74) is -0.550.